The Morgan fingerprint density at radius 2 is 1.72 bits per heavy atom. The lowest BCUT2D eigenvalue weighted by atomic mass is 10.1. The molecular formula is C24H31N3O4S. The van der Waals surface area contributed by atoms with Crippen LogP contribution in [-0.4, -0.2) is 76.1 Å². The van der Waals surface area contributed by atoms with Crippen molar-refractivity contribution in [2.45, 2.75) is 30.8 Å². The zero-order valence-electron chi connectivity index (χ0n) is 18.5. The van der Waals surface area contributed by atoms with Crippen molar-refractivity contribution in [3.05, 3.63) is 60.2 Å². The number of hydrogen-bond donors (Lipinski definition) is 0. The number of sulfonamides is 1. The Labute approximate surface area is 190 Å². The van der Waals surface area contributed by atoms with Crippen molar-refractivity contribution in [3.8, 4) is 0 Å². The average molecular weight is 458 g/mol. The first kappa shape index (κ1) is 22.8. The van der Waals surface area contributed by atoms with Crippen LogP contribution in [0.1, 0.15) is 30.1 Å². The van der Waals surface area contributed by atoms with Crippen molar-refractivity contribution in [3.63, 3.8) is 0 Å². The van der Waals surface area contributed by atoms with Gasteiger partial charge in [-0.25, -0.2) is 8.42 Å². The van der Waals surface area contributed by atoms with E-state index >= 15 is 0 Å². The smallest absolute Gasteiger partial charge is 0.264 e. The van der Waals surface area contributed by atoms with Gasteiger partial charge in [-0.1, -0.05) is 18.2 Å². The SMILES string of the molecule is CCN(c1ccccc1)S(=O)(=O)c1ccc(C(=O)N2CCN(C[C@H]3CCCO3)CC2)cc1. The van der Waals surface area contributed by atoms with Gasteiger partial charge in [0.15, 0.2) is 0 Å². The van der Waals surface area contributed by atoms with Crippen molar-refractivity contribution >= 4 is 21.6 Å². The van der Waals surface area contributed by atoms with Crippen molar-refractivity contribution in [1.82, 2.24) is 9.80 Å². The highest BCUT2D eigenvalue weighted by Gasteiger charge is 2.27. The van der Waals surface area contributed by atoms with Gasteiger partial charge in [-0.05, 0) is 56.2 Å². The summed E-state index contributed by atoms with van der Waals surface area (Å²) in [6, 6.07) is 15.3. The van der Waals surface area contributed by atoms with E-state index in [4.69, 9.17) is 4.74 Å². The second kappa shape index (κ2) is 10.0. The third kappa shape index (κ3) is 4.98. The molecule has 0 aliphatic carbocycles. The first-order valence-corrected chi connectivity index (χ1v) is 12.7. The van der Waals surface area contributed by atoms with Gasteiger partial charge in [0.2, 0.25) is 0 Å². The minimum atomic E-state index is -3.70. The standard InChI is InChI=1S/C24H31N3O4S/c1-2-27(21-7-4-3-5-8-21)32(29,30)23-12-10-20(11-13-23)24(28)26-16-14-25(15-17-26)19-22-9-6-18-31-22/h3-5,7-8,10-13,22H,2,6,9,14-19H2,1H3/t22-/m1/s1. The van der Waals surface area contributed by atoms with Crippen LogP contribution < -0.4 is 4.31 Å². The summed E-state index contributed by atoms with van der Waals surface area (Å²) in [5, 5.41) is 0. The molecule has 2 heterocycles. The number of nitrogens with zero attached hydrogens (tertiary/aromatic N) is 3. The second-order valence-corrected chi connectivity index (χ2v) is 10.1. The highest BCUT2D eigenvalue weighted by Crippen LogP contribution is 2.24. The quantitative estimate of drug-likeness (QED) is 0.640. The predicted molar refractivity (Wildman–Crippen MR) is 124 cm³/mol. The van der Waals surface area contributed by atoms with Crippen LogP contribution in [0, 0.1) is 0 Å². The normalized spacial score (nSPS) is 19.8. The van der Waals surface area contributed by atoms with E-state index in [1.807, 2.05) is 23.1 Å². The predicted octanol–water partition coefficient (Wildman–Crippen LogP) is 2.84. The maximum absolute atomic E-state index is 13.1. The van der Waals surface area contributed by atoms with Crippen molar-refractivity contribution in [2.24, 2.45) is 0 Å². The molecular weight excluding hydrogens is 426 g/mol. The van der Waals surface area contributed by atoms with Gasteiger partial charge < -0.3 is 9.64 Å². The molecule has 7 nitrogen and oxygen atoms in total. The van der Waals surface area contributed by atoms with Gasteiger partial charge in [-0.3, -0.25) is 14.0 Å². The summed E-state index contributed by atoms with van der Waals surface area (Å²) in [5.74, 6) is -0.0545. The van der Waals surface area contributed by atoms with Crippen molar-refractivity contribution in [1.29, 1.82) is 0 Å². The Morgan fingerprint density at radius 1 is 1.03 bits per heavy atom. The number of amides is 1. The van der Waals surface area contributed by atoms with Crippen LogP contribution in [0.5, 0.6) is 0 Å². The number of carbonyl (C=O) groups excluding carboxylic acids is 1. The van der Waals surface area contributed by atoms with Crippen LogP contribution in [0.3, 0.4) is 0 Å². The zero-order valence-corrected chi connectivity index (χ0v) is 19.3. The minimum Gasteiger partial charge on any atom is -0.377 e. The van der Waals surface area contributed by atoms with E-state index in [0.717, 1.165) is 39.1 Å². The van der Waals surface area contributed by atoms with Gasteiger partial charge in [0.1, 0.15) is 0 Å². The molecule has 0 aromatic heterocycles. The molecule has 172 valence electrons. The Bertz CT molecular complexity index is 997. The Kier molecular flexibility index (Phi) is 7.13. The van der Waals surface area contributed by atoms with Crippen molar-refractivity contribution < 1.29 is 17.9 Å². The molecule has 0 spiro atoms. The Hall–Kier alpha value is -2.42. The molecule has 2 aromatic rings. The highest BCUT2D eigenvalue weighted by molar-refractivity contribution is 7.92. The monoisotopic (exact) mass is 457 g/mol. The number of benzene rings is 2. The molecule has 8 heteroatoms. The number of carbonyl (C=O) groups is 1. The van der Waals surface area contributed by atoms with Crippen LogP contribution in [-0.2, 0) is 14.8 Å². The van der Waals surface area contributed by atoms with Crippen LogP contribution in [0.4, 0.5) is 5.69 Å². The maximum Gasteiger partial charge on any atom is 0.264 e. The molecule has 0 N–H and O–H groups in total. The lowest BCUT2D eigenvalue weighted by molar-refractivity contribution is 0.0432. The van der Waals surface area contributed by atoms with Crippen molar-refractivity contribution in [2.75, 3.05) is 50.2 Å². The lowest BCUT2D eigenvalue weighted by Gasteiger charge is -2.35. The minimum absolute atomic E-state index is 0.0545. The molecule has 0 saturated carbocycles. The fourth-order valence-electron chi connectivity index (χ4n) is 4.37. The third-order valence-electron chi connectivity index (χ3n) is 6.17. The highest BCUT2D eigenvalue weighted by atomic mass is 32.2. The van der Waals surface area contributed by atoms with Crippen LogP contribution in [0.25, 0.3) is 0 Å². The number of hydrogen-bond acceptors (Lipinski definition) is 5. The summed E-state index contributed by atoms with van der Waals surface area (Å²) in [6.07, 6.45) is 2.58. The van der Waals surface area contributed by atoms with Crippen LogP contribution in [0.2, 0.25) is 0 Å². The van der Waals surface area contributed by atoms with Gasteiger partial charge in [0.05, 0.1) is 16.7 Å². The zero-order chi connectivity index (χ0) is 22.6. The van der Waals surface area contributed by atoms with E-state index in [1.165, 1.54) is 16.4 Å². The third-order valence-corrected chi connectivity index (χ3v) is 8.08. The molecule has 1 amide bonds. The van der Waals surface area contributed by atoms with Crippen LogP contribution in [0.15, 0.2) is 59.5 Å². The van der Waals surface area contributed by atoms with E-state index in [2.05, 4.69) is 4.90 Å². The lowest BCUT2D eigenvalue weighted by Crippen LogP contribution is -2.50. The average Bonchev–Trinajstić information content (AvgIpc) is 3.33. The largest absolute Gasteiger partial charge is 0.377 e. The molecule has 2 fully saturated rings. The van der Waals surface area contributed by atoms with Gasteiger partial charge in [-0.2, -0.15) is 0 Å². The first-order chi connectivity index (χ1) is 15.5. The molecule has 32 heavy (non-hydrogen) atoms. The molecule has 2 aromatic carbocycles. The molecule has 2 saturated heterocycles. The first-order valence-electron chi connectivity index (χ1n) is 11.3. The summed E-state index contributed by atoms with van der Waals surface area (Å²) in [4.78, 5) is 17.3. The van der Waals surface area contributed by atoms with E-state index in [0.29, 0.717) is 37.0 Å². The number of ether oxygens (including phenoxy) is 1. The Balaban J connectivity index is 1.39. The summed E-state index contributed by atoms with van der Waals surface area (Å²) in [5.41, 5.74) is 1.13. The number of para-hydroxylation sites is 1. The summed E-state index contributed by atoms with van der Waals surface area (Å²) >= 11 is 0. The van der Waals surface area contributed by atoms with Gasteiger partial charge >= 0.3 is 0 Å². The van der Waals surface area contributed by atoms with Gasteiger partial charge in [0, 0.05) is 51.4 Å². The maximum atomic E-state index is 13.1. The van der Waals surface area contributed by atoms with E-state index in [1.54, 1.807) is 31.2 Å². The number of anilines is 1. The molecule has 0 unspecified atom stereocenters. The molecule has 4 rings (SSSR count). The molecule has 2 aliphatic rings. The second-order valence-electron chi connectivity index (χ2n) is 8.26. The summed E-state index contributed by atoms with van der Waals surface area (Å²) in [7, 11) is -3.70. The molecule has 2 aliphatic heterocycles. The Morgan fingerprint density at radius 3 is 2.31 bits per heavy atom. The molecule has 0 bridgehead atoms. The van der Waals surface area contributed by atoms with Gasteiger partial charge in [-0.15, -0.1) is 0 Å². The van der Waals surface area contributed by atoms with E-state index in [-0.39, 0.29) is 10.8 Å². The fraction of sp³-hybridized carbons (Fsp3) is 0.458. The molecule has 0 radical (unpaired) electrons. The number of rotatable bonds is 7. The topological polar surface area (TPSA) is 70.2 Å². The molecule has 1 atom stereocenters. The van der Waals surface area contributed by atoms with Gasteiger partial charge in [0.25, 0.3) is 15.9 Å². The van der Waals surface area contributed by atoms with Crippen LogP contribution >= 0.6 is 0 Å². The van der Waals surface area contributed by atoms with E-state index in [9.17, 15) is 13.2 Å². The van der Waals surface area contributed by atoms with E-state index < -0.39 is 10.0 Å². The number of piperazine rings is 1. The fourth-order valence-corrected chi connectivity index (χ4v) is 5.85. The summed E-state index contributed by atoms with van der Waals surface area (Å²) < 4.78 is 33.4. The summed E-state index contributed by atoms with van der Waals surface area (Å²) in [6.45, 7) is 6.93.